The molecule has 31 heavy (non-hydrogen) atoms. The first-order valence-electron chi connectivity index (χ1n) is 10.3. The number of ketones is 1. The monoisotopic (exact) mass is 423 g/mol. The number of Topliss-reactive ketones (excluding diaryl/α,β-unsaturated/α-hetero) is 1. The molecule has 1 atom stereocenters. The number of ether oxygens (including phenoxy) is 1. The molecule has 1 aliphatic heterocycles. The summed E-state index contributed by atoms with van der Waals surface area (Å²) in [7, 11) is 1.61. The molecule has 3 amide bonds. The van der Waals surface area contributed by atoms with Crippen molar-refractivity contribution in [2.45, 2.75) is 45.7 Å². The lowest BCUT2D eigenvalue weighted by atomic mass is 9.93. The normalized spacial score (nSPS) is 18.3. The molecular formula is C24H29N3O4. The van der Waals surface area contributed by atoms with E-state index in [0.29, 0.717) is 24.9 Å². The van der Waals surface area contributed by atoms with E-state index < -0.39 is 11.6 Å². The maximum atomic E-state index is 13.0. The number of urea groups is 1. The summed E-state index contributed by atoms with van der Waals surface area (Å²) in [5.41, 5.74) is 2.25. The Morgan fingerprint density at radius 2 is 1.90 bits per heavy atom. The average Bonchev–Trinajstić information content (AvgIpc) is 3.15. The van der Waals surface area contributed by atoms with Gasteiger partial charge < -0.3 is 14.6 Å². The first-order valence-corrected chi connectivity index (χ1v) is 10.3. The second kappa shape index (κ2) is 8.79. The van der Waals surface area contributed by atoms with Gasteiger partial charge in [0.25, 0.3) is 5.91 Å². The van der Waals surface area contributed by atoms with E-state index in [1.54, 1.807) is 26.2 Å². The number of nitrogens with one attached hydrogen (secondary N) is 1. The average molecular weight is 424 g/mol. The summed E-state index contributed by atoms with van der Waals surface area (Å²) in [5.74, 6) is 0.128. The Bertz CT molecular complexity index is 1020. The Balaban J connectivity index is 1.70. The van der Waals surface area contributed by atoms with E-state index in [1.165, 1.54) is 0 Å². The third-order valence-corrected chi connectivity index (χ3v) is 5.91. The van der Waals surface area contributed by atoms with Crippen LogP contribution in [0, 0.1) is 13.8 Å². The quantitative estimate of drug-likeness (QED) is 0.381. The summed E-state index contributed by atoms with van der Waals surface area (Å²) < 4.78 is 7.14. The van der Waals surface area contributed by atoms with E-state index in [2.05, 4.69) is 11.9 Å². The third kappa shape index (κ3) is 4.40. The number of nitrogens with zero attached hydrogens (tertiary/aromatic N) is 2. The first-order chi connectivity index (χ1) is 14.7. The van der Waals surface area contributed by atoms with E-state index >= 15 is 0 Å². The molecule has 0 bridgehead atoms. The van der Waals surface area contributed by atoms with Crippen molar-refractivity contribution < 1.29 is 19.1 Å². The van der Waals surface area contributed by atoms with Gasteiger partial charge in [-0.25, -0.2) is 4.79 Å². The highest BCUT2D eigenvalue weighted by Gasteiger charge is 2.48. The fraction of sp³-hybridized carbons (Fsp3) is 0.375. The molecule has 3 rings (SSSR count). The summed E-state index contributed by atoms with van der Waals surface area (Å²) in [6.45, 7) is 9.53. The molecule has 7 heteroatoms. The van der Waals surface area contributed by atoms with Crippen LogP contribution in [0.25, 0.3) is 0 Å². The van der Waals surface area contributed by atoms with Gasteiger partial charge in [-0.1, -0.05) is 18.2 Å². The zero-order valence-electron chi connectivity index (χ0n) is 18.5. The number of benzene rings is 1. The Hall–Kier alpha value is -3.35. The number of imide groups is 1. The van der Waals surface area contributed by atoms with Crippen LogP contribution in [0.4, 0.5) is 4.79 Å². The van der Waals surface area contributed by atoms with E-state index in [-0.39, 0.29) is 18.2 Å². The zero-order valence-corrected chi connectivity index (χ0v) is 18.5. The lowest BCUT2D eigenvalue weighted by Crippen LogP contribution is -2.44. The maximum absolute atomic E-state index is 13.0. The molecule has 1 N–H and O–H groups in total. The molecule has 0 radical (unpaired) electrons. The summed E-state index contributed by atoms with van der Waals surface area (Å²) >= 11 is 0. The van der Waals surface area contributed by atoms with Crippen molar-refractivity contribution in [2.75, 3.05) is 13.7 Å². The lowest BCUT2D eigenvalue weighted by Gasteiger charge is -2.21. The number of carbonyl (C=O) groups excluding carboxylic acids is 3. The highest BCUT2D eigenvalue weighted by atomic mass is 16.5. The van der Waals surface area contributed by atoms with Gasteiger partial charge >= 0.3 is 6.03 Å². The van der Waals surface area contributed by atoms with Gasteiger partial charge in [-0.05, 0) is 57.4 Å². The van der Waals surface area contributed by atoms with Gasteiger partial charge in [-0.15, -0.1) is 6.58 Å². The van der Waals surface area contributed by atoms with Gasteiger partial charge in [-0.2, -0.15) is 0 Å². The van der Waals surface area contributed by atoms with Crippen molar-refractivity contribution in [3.05, 3.63) is 65.5 Å². The fourth-order valence-corrected chi connectivity index (χ4v) is 3.97. The number of carbonyl (C=O) groups is 3. The molecule has 1 fully saturated rings. The number of methoxy groups -OCH3 is 1. The minimum absolute atomic E-state index is 0.258. The van der Waals surface area contributed by atoms with Crippen LogP contribution >= 0.6 is 0 Å². The van der Waals surface area contributed by atoms with Crippen molar-refractivity contribution in [3.8, 4) is 5.75 Å². The molecular weight excluding hydrogens is 394 g/mol. The second-order valence-corrected chi connectivity index (χ2v) is 8.11. The van der Waals surface area contributed by atoms with E-state index in [0.717, 1.165) is 27.6 Å². The van der Waals surface area contributed by atoms with Crippen LogP contribution in [0.3, 0.4) is 0 Å². The smallest absolute Gasteiger partial charge is 0.325 e. The maximum Gasteiger partial charge on any atom is 0.325 e. The second-order valence-electron chi connectivity index (χ2n) is 8.11. The van der Waals surface area contributed by atoms with Crippen molar-refractivity contribution in [2.24, 2.45) is 0 Å². The van der Waals surface area contributed by atoms with Gasteiger partial charge in [0, 0.05) is 23.5 Å². The van der Waals surface area contributed by atoms with Gasteiger partial charge in [0.05, 0.1) is 13.7 Å². The molecule has 1 aromatic heterocycles. The largest absolute Gasteiger partial charge is 0.497 e. The highest BCUT2D eigenvalue weighted by molar-refractivity contribution is 6.11. The van der Waals surface area contributed by atoms with Crippen molar-refractivity contribution in [1.29, 1.82) is 0 Å². The van der Waals surface area contributed by atoms with Crippen LogP contribution in [-0.2, 0) is 17.8 Å². The van der Waals surface area contributed by atoms with Gasteiger partial charge in [0.2, 0.25) is 0 Å². The summed E-state index contributed by atoms with van der Waals surface area (Å²) in [6, 6.07) is 8.85. The molecule has 164 valence electrons. The zero-order chi connectivity index (χ0) is 22.8. The number of hydrogen-bond acceptors (Lipinski definition) is 4. The van der Waals surface area contributed by atoms with Crippen LogP contribution < -0.4 is 10.1 Å². The Kier molecular flexibility index (Phi) is 6.34. The minimum atomic E-state index is -1.04. The topological polar surface area (TPSA) is 80.6 Å². The number of hydrogen-bond donors (Lipinski definition) is 1. The minimum Gasteiger partial charge on any atom is -0.497 e. The molecule has 0 aliphatic carbocycles. The Morgan fingerprint density at radius 1 is 1.23 bits per heavy atom. The fourth-order valence-electron chi connectivity index (χ4n) is 3.97. The van der Waals surface area contributed by atoms with Crippen molar-refractivity contribution >= 4 is 17.7 Å². The predicted octanol–water partition coefficient (Wildman–Crippen LogP) is 3.43. The van der Waals surface area contributed by atoms with Gasteiger partial charge in [0.1, 0.15) is 11.3 Å². The van der Waals surface area contributed by atoms with Crippen LogP contribution in [0.5, 0.6) is 5.75 Å². The lowest BCUT2D eigenvalue weighted by molar-refractivity contribution is -0.130. The molecule has 1 saturated heterocycles. The molecule has 0 spiro atoms. The van der Waals surface area contributed by atoms with Gasteiger partial charge in [-0.3, -0.25) is 14.5 Å². The van der Waals surface area contributed by atoms with Crippen LogP contribution in [0.1, 0.15) is 40.7 Å². The molecule has 2 aromatic rings. The van der Waals surface area contributed by atoms with Crippen LogP contribution in [-0.4, -0.2) is 46.4 Å². The van der Waals surface area contributed by atoms with Crippen LogP contribution in [0.15, 0.2) is 43.0 Å². The highest BCUT2D eigenvalue weighted by Crippen LogP contribution is 2.25. The van der Waals surface area contributed by atoms with Crippen molar-refractivity contribution in [1.82, 2.24) is 14.8 Å². The number of amides is 3. The van der Waals surface area contributed by atoms with Gasteiger partial charge in [0.15, 0.2) is 5.78 Å². The predicted molar refractivity (Wildman–Crippen MR) is 118 cm³/mol. The standard InChI is InChI=1S/C24H29N3O4/c1-6-13-26-16(2)14-20(17(26)3)21(28)15-27-22(29)24(4,25-23(27)30)12-11-18-7-9-19(31-5)10-8-18/h6-10,14H,1,11-13,15H2,2-5H3,(H,25,30)/t24-/m0/s1. The summed E-state index contributed by atoms with van der Waals surface area (Å²) in [6.07, 6.45) is 2.80. The van der Waals surface area contributed by atoms with E-state index in [1.807, 2.05) is 42.7 Å². The molecule has 1 aliphatic rings. The number of allylic oxidation sites excluding steroid dienone is 1. The van der Waals surface area contributed by atoms with Crippen molar-refractivity contribution in [3.63, 3.8) is 0 Å². The Labute approximate surface area is 182 Å². The molecule has 0 unspecified atom stereocenters. The molecule has 2 heterocycles. The third-order valence-electron chi connectivity index (χ3n) is 5.91. The van der Waals surface area contributed by atoms with Crippen LogP contribution in [0.2, 0.25) is 0 Å². The molecule has 0 saturated carbocycles. The summed E-state index contributed by atoms with van der Waals surface area (Å²) in [4.78, 5) is 39.5. The van der Waals surface area contributed by atoms with E-state index in [4.69, 9.17) is 4.74 Å². The summed E-state index contributed by atoms with van der Waals surface area (Å²) in [5, 5.41) is 2.77. The number of aromatic nitrogens is 1. The molecule has 7 nitrogen and oxygen atoms in total. The van der Waals surface area contributed by atoms with E-state index in [9.17, 15) is 14.4 Å². The molecule has 1 aromatic carbocycles. The number of rotatable bonds is 9. The number of aryl methyl sites for hydroxylation is 2. The SMILES string of the molecule is C=CCn1c(C)cc(C(=O)CN2C(=O)N[C@@](C)(CCc3ccc(OC)cc3)C2=O)c1C. The first kappa shape index (κ1) is 22.3. The Morgan fingerprint density at radius 3 is 2.52 bits per heavy atom.